The first-order chi connectivity index (χ1) is 14.6. The summed E-state index contributed by atoms with van der Waals surface area (Å²) >= 11 is 0. The number of quaternary nitrogens is 1. The van der Waals surface area contributed by atoms with Crippen molar-refractivity contribution in [1.29, 1.82) is 0 Å². The largest absolute Gasteiger partial charge is 0.378 e. The van der Waals surface area contributed by atoms with Crippen LogP contribution >= 0.6 is 0 Å². The smallest absolute Gasteiger partial charge is 0.252 e. The fourth-order valence-corrected chi connectivity index (χ4v) is 4.20. The highest BCUT2D eigenvalue weighted by Gasteiger charge is 2.27. The molecule has 156 valence electrons. The second-order valence-electron chi connectivity index (χ2n) is 8.05. The maximum atomic E-state index is 13.1. The molecule has 0 saturated carbocycles. The molecule has 0 aromatic heterocycles. The fourth-order valence-electron chi connectivity index (χ4n) is 4.20. The third-order valence-corrected chi connectivity index (χ3v) is 5.94. The summed E-state index contributed by atoms with van der Waals surface area (Å²) in [4.78, 5) is 16.6. The maximum absolute atomic E-state index is 13.1. The average molecular weight is 405 g/mol. The number of nitrogens with one attached hydrogen (secondary N) is 2. The summed E-state index contributed by atoms with van der Waals surface area (Å²) < 4.78 is 5.56. The number of fused-ring (bicyclic) bond motifs is 1. The molecular weight excluding hydrogens is 374 g/mol. The molecule has 0 aliphatic carbocycles. The summed E-state index contributed by atoms with van der Waals surface area (Å²) in [5.41, 5.74) is 3.15. The van der Waals surface area contributed by atoms with Crippen molar-refractivity contribution in [2.24, 2.45) is 0 Å². The zero-order valence-corrected chi connectivity index (χ0v) is 17.7. The summed E-state index contributed by atoms with van der Waals surface area (Å²) in [6.07, 6.45) is 0. The molecule has 0 radical (unpaired) electrons. The lowest BCUT2D eigenvalue weighted by atomic mass is 10.0. The number of morpholine rings is 1. The van der Waals surface area contributed by atoms with Crippen LogP contribution in [-0.4, -0.2) is 52.9 Å². The van der Waals surface area contributed by atoms with E-state index in [1.165, 1.54) is 16.2 Å². The van der Waals surface area contributed by atoms with Crippen LogP contribution in [0.15, 0.2) is 66.7 Å². The van der Waals surface area contributed by atoms with Crippen LogP contribution in [0.5, 0.6) is 0 Å². The van der Waals surface area contributed by atoms with Crippen molar-refractivity contribution in [2.75, 3.05) is 51.8 Å². The van der Waals surface area contributed by atoms with E-state index < -0.39 is 0 Å². The van der Waals surface area contributed by atoms with Crippen molar-refractivity contribution >= 4 is 22.4 Å². The van der Waals surface area contributed by atoms with E-state index in [1.54, 1.807) is 0 Å². The SMILES string of the molecule is CN(C)c1ccc([C@H](CNC(=O)c2cccc3ccccc23)[NH+]2CCOCC2)cc1. The third kappa shape index (κ3) is 4.48. The third-order valence-electron chi connectivity index (χ3n) is 5.94. The molecule has 1 heterocycles. The highest BCUT2D eigenvalue weighted by Crippen LogP contribution is 2.19. The normalized spacial score (nSPS) is 15.7. The van der Waals surface area contributed by atoms with Crippen LogP contribution in [0.1, 0.15) is 22.0 Å². The molecule has 3 aromatic carbocycles. The molecule has 5 nitrogen and oxygen atoms in total. The fraction of sp³-hybridized carbons (Fsp3) is 0.320. The van der Waals surface area contributed by atoms with Gasteiger partial charge in [-0.2, -0.15) is 0 Å². The average Bonchev–Trinajstić information content (AvgIpc) is 2.79. The first-order valence-electron chi connectivity index (χ1n) is 10.6. The molecule has 30 heavy (non-hydrogen) atoms. The Balaban J connectivity index is 1.54. The van der Waals surface area contributed by atoms with Crippen LogP contribution in [0.3, 0.4) is 0 Å². The van der Waals surface area contributed by atoms with Crippen LogP contribution in [0.2, 0.25) is 0 Å². The van der Waals surface area contributed by atoms with E-state index in [-0.39, 0.29) is 11.9 Å². The Hall–Kier alpha value is -2.89. The number of hydrogen-bond donors (Lipinski definition) is 2. The van der Waals surface area contributed by atoms with Crippen LogP contribution < -0.4 is 15.1 Å². The van der Waals surface area contributed by atoms with E-state index in [2.05, 4.69) is 34.5 Å². The van der Waals surface area contributed by atoms with Crippen molar-refractivity contribution in [3.63, 3.8) is 0 Å². The van der Waals surface area contributed by atoms with Gasteiger partial charge in [0.2, 0.25) is 0 Å². The van der Waals surface area contributed by atoms with Crippen molar-refractivity contribution in [3.8, 4) is 0 Å². The number of hydrogen-bond acceptors (Lipinski definition) is 3. The Morgan fingerprint density at radius 1 is 1.00 bits per heavy atom. The van der Waals surface area contributed by atoms with Gasteiger partial charge in [-0.3, -0.25) is 4.79 Å². The maximum Gasteiger partial charge on any atom is 0.252 e. The van der Waals surface area contributed by atoms with Gasteiger partial charge in [0.05, 0.1) is 19.8 Å². The lowest BCUT2D eigenvalue weighted by molar-refractivity contribution is -0.937. The van der Waals surface area contributed by atoms with E-state index >= 15 is 0 Å². The Morgan fingerprint density at radius 3 is 2.43 bits per heavy atom. The summed E-state index contributed by atoms with van der Waals surface area (Å²) in [6, 6.07) is 22.8. The van der Waals surface area contributed by atoms with Crippen molar-refractivity contribution < 1.29 is 14.4 Å². The number of rotatable bonds is 6. The van der Waals surface area contributed by atoms with Gasteiger partial charge in [0.25, 0.3) is 5.91 Å². The van der Waals surface area contributed by atoms with Gasteiger partial charge in [0, 0.05) is 30.9 Å². The number of carbonyl (C=O) groups excluding carboxylic acids is 1. The minimum absolute atomic E-state index is 0.0191. The molecule has 1 aliphatic heterocycles. The molecule has 5 heteroatoms. The molecule has 1 aliphatic rings. The first-order valence-corrected chi connectivity index (χ1v) is 10.6. The summed E-state index contributed by atoms with van der Waals surface area (Å²) in [5, 5.41) is 5.29. The zero-order valence-electron chi connectivity index (χ0n) is 17.7. The number of nitrogens with zero attached hydrogens (tertiary/aromatic N) is 1. The molecule has 1 fully saturated rings. The number of amides is 1. The second-order valence-corrected chi connectivity index (χ2v) is 8.05. The molecule has 1 atom stereocenters. The highest BCUT2D eigenvalue weighted by atomic mass is 16.5. The van der Waals surface area contributed by atoms with E-state index in [4.69, 9.17) is 4.74 Å². The quantitative estimate of drug-likeness (QED) is 0.663. The van der Waals surface area contributed by atoms with Crippen LogP contribution in [-0.2, 0) is 4.74 Å². The van der Waals surface area contributed by atoms with E-state index in [0.717, 1.165) is 42.6 Å². The number of ether oxygens (including phenoxy) is 1. The standard InChI is InChI=1S/C25H29N3O2/c1-27(2)21-12-10-20(11-13-21)24(28-14-16-30-17-15-28)18-26-25(29)23-9-5-7-19-6-3-4-8-22(19)23/h3-13,24H,14-18H2,1-2H3,(H,26,29)/p+1/t24-/m0/s1. The predicted molar refractivity (Wildman–Crippen MR) is 121 cm³/mol. The second kappa shape index (κ2) is 9.28. The van der Waals surface area contributed by atoms with Gasteiger partial charge in [-0.1, -0.05) is 48.5 Å². The molecule has 0 unspecified atom stereocenters. The molecule has 1 amide bonds. The van der Waals surface area contributed by atoms with Crippen molar-refractivity contribution in [1.82, 2.24) is 5.32 Å². The van der Waals surface area contributed by atoms with Crippen LogP contribution in [0, 0.1) is 0 Å². The first kappa shape index (κ1) is 20.4. The number of carbonyl (C=O) groups is 1. The van der Waals surface area contributed by atoms with E-state index in [9.17, 15) is 4.79 Å². The molecule has 0 spiro atoms. The molecule has 2 N–H and O–H groups in total. The van der Waals surface area contributed by atoms with Gasteiger partial charge in [-0.15, -0.1) is 0 Å². The highest BCUT2D eigenvalue weighted by molar-refractivity contribution is 6.07. The van der Waals surface area contributed by atoms with Gasteiger partial charge in [0.1, 0.15) is 19.1 Å². The van der Waals surface area contributed by atoms with Gasteiger partial charge in [0.15, 0.2) is 0 Å². The lowest BCUT2D eigenvalue weighted by Gasteiger charge is -2.32. The molecule has 0 bridgehead atoms. The molecular formula is C25H30N3O2+. The van der Waals surface area contributed by atoms with E-state index in [0.29, 0.717) is 6.54 Å². The predicted octanol–water partition coefficient (Wildman–Crippen LogP) is 2.29. The lowest BCUT2D eigenvalue weighted by Crippen LogP contribution is -3.15. The van der Waals surface area contributed by atoms with Crippen LogP contribution in [0.4, 0.5) is 5.69 Å². The van der Waals surface area contributed by atoms with Gasteiger partial charge < -0.3 is 19.9 Å². The van der Waals surface area contributed by atoms with E-state index in [1.807, 2.05) is 56.6 Å². The molecule has 3 aromatic rings. The Bertz CT molecular complexity index is 989. The monoisotopic (exact) mass is 404 g/mol. The topological polar surface area (TPSA) is 46.0 Å². The number of anilines is 1. The molecule has 1 saturated heterocycles. The zero-order chi connectivity index (χ0) is 20.9. The Morgan fingerprint density at radius 2 is 1.70 bits per heavy atom. The minimum atomic E-state index is -0.0191. The van der Waals surface area contributed by atoms with Gasteiger partial charge in [-0.05, 0) is 29.0 Å². The molecule has 4 rings (SSSR count). The Kier molecular flexibility index (Phi) is 6.31. The van der Waals surface area contributed by atoms with Gasteiger partial charge in [-0.25, -0.2) is 0 Å². The Labute approximate surface area is 178 Å². The van der Waals surface area contributed by atoms with Crippen molar-refractivity contribution in [3.05, 3.63) is 77.9 Å². The summed E-state index contributed by atoms with van der Waals surface area (Å²) in [6.45, 7) is 4.02. The minimum Gasteiger partial charge on any atom is -0.378 e. The van der Waals surface area contributed by atoms with Crippen LogP contribution in [0.25, 0.3) is 10.8 Å². The summed E-state index contributed by atoms with van der Waals surface area (Å²) in [7, 11) is 4.09. The summed E-state index contributed by atoms with van der Waals surface area (Å²) in [5.74, 6) is -0.0191. The number of benzene rings is 3. The van der Waals surface area contributed by atoms with Crippen molar-refractivity contribution in [2.45, 2.75) is 6.04 Å². The van der Waals surface area contributed by atoms with Gasteiger partial charge >= 0.3 is 0 Å².